The van der Waals surface area contributed by atoms with Crippen LogP contribution in [0.25, 0.3) is 0 Å². The second-order valence-corrected chi connectivity index (χ2v) is 5.42. The molecule has 1 aliphatic rings. The first-order valence-corrected chi connectivity index (χ1v) is 7.19. The summed E-state index contributed by atoms with van der Waals surface area (Å²) in [6.45, 7) is 13.1. The van der Waals surface area contributed by atoms with Crippen LogP contribution in [-0.2, 0) is 0 Å². The topological polar surface area (TPSA) is 15.3 Å². The molecule has 0 saturated carbocycles. The summed E-state index contributed by atoms with van der Waals surface area (Å²) in [6, 6.07) is 0. The van der Waals surface area contributed by atoms with Gasteiger partial charge in [0.1, 0.15) is 0 Å². The standard InChI is InChI=1S/C14H30N2/c1-4-14-7-6-9-16(10-8-14)12-13(3)11-15-5-2/h13-15H,4-12H2,1-3H3. The Labute approximate surface area is 102 Å². The summed E-state index contributed by atoms with van der Waals surface area (Å²) in [6.07, 6.45) is 5.66. The zero-order valence-corrected chi connectivity index (χ0v) is 11.5. The van der Waals surface area contributed by atoms with Crippen molar-refractivity contribution in [1.29, 1.82) is 0 Å². The summed E-state index contributed by atoms with van der Waals surface area (Å²) in [5, 5.41) is 3.45. The summed E-state index contributed by atoms with van der Waals surface area (Å²) in [5.74, 6) is 1.78. The van der Waals surface area contributed by atoms with Crippen LogP contribution < -0.4 is 5.32 Å². The lowest BCUT2D eigenvalue weighted by Gasteiger charge is -2.24. The summed E-state index contributed by atoms with van der Waals surface area (Å²) in [5.41, 5.74) is 0. The third-order valence-corrected chi connectivity index (χ3v) is 3.83. The molecule has 1 aliphatic heterocycles. The van der Waals surface area contributed by atoms with Gasteiger partial charge in [-0.25, -0.2) is 0 Å². The summed E-state index contributed by atoms with van der Waals surface area (Å²) >= 11 is 0. The van der Waals surface area contributed by atoms with E-state index in [1.165, 1.54) is 51.9 Å². The highest BCUT2D eigenvalue weighted by Crippen LogP contribution is 2.20. The maximum atomic E-state index is 3.45. The summed E-state index contributed by atoms with van der Waals surface area (Å²) in [4.78, 5) is 2.68. The van der Waals surface area contributed by atoms with Gasteiger partial charge in [-0.15, -0.1) is 0 Å². The van der Waals surface area contributed by atoms with E-state index in [1.54, 1.807) is 0 Å². The van der Waals surface area contributed by atoms with E-state index in [9.17, 15) is 0 Å². The molecule has 0 aromatic carbocycles. The number of nitrogens with one attached hydrogen (secondary N) is 1. The first-order chi connectivity index (χ1) is 7.76. The molecule has 0 aliphatic carbocycles. The van der Waals surface area contributed by atoms with Crippen molar-refractivity contribution in [1.82, 2.24) is 10.2 Å². The van der Waals surface area contributed by atoms with Gasteiger partial charge in [0.2, 0.25) is 0 Å². The van der Waals surface area contributed by atoms with Gasteiger partial charge in [0.05, 0.1) is 0 Å². The molecule has 2 nitrogen and oxygen atoms in total. The lowest BCUT2D eigenvalue weighted by Crippen LogP contribution is -2.34. The van der Waals surface area contributed by atoms with Gasteiger partial charge in [0.15, 0.2) is 0 Å². The van der Waals surface area contributed by atoms with Crippen LogP contribution in [0.4, 0.5) is 0 Å². The van der Waals surface area contributed by atoms with Gasteiger partial charge in [0.25, 0.3) is 0 Å². The minimum absolute atomic E-state index is 0.790. The average Bonchev–Trinajstić information content (AvgIpc) is 2.51. The molecule has 1 saturated heterocycles. The zero-order chi connectivity index (χ0) is 11.8. The number of hydrogen-bond donors (Lipinski definition) is 1. The Morgan fingerprint density at radius 2 is 2.06 bits per heavy atom. The molecule has 0 spiro atoms. The molecule has 16 heavy (non-hydrogen) atoms. The normalized spacial score (nSPS) is 25.3. The van der Waals surface area contributed by atoms with Crippen LogP contribution in [0.1, 0.15) is 46.5 Å². The summed E-state index contributed by atoms with van der Waals surface area (Å²) in [7, 11) is 0. The Balaban J connectivity index is 2.21. The van der Waals surface area contributed by atoms with Crippen molar-refractivity contribution in [2.75, 3.05) is 32.7 Å². The Bertz CT molecular complexity index is 170. The van der Waals surface area contributed by atoms with Crippen molar-refractivity contribution in [2.24, 2.45) is 11.8 Å². The zero-order valence-electron chi connectivity index (χ0n) is 11.5. The van der Waals surface area contributed by atoms with E-state index in [1.807, 2.05) is 0 Å². The average molecular weight is 226 g/mol. The van der Waals surface area contributed by atoms with Crippen LogP contribution >= 0.6 is 0 Å². The molecule has 1 fully saturated rings. The minimum Gasteiger partial charge on any atom is -0.317 e. The number of rotatable bonds is 6. The van der Waals surface area contributed by atoms with Crippen molar-refractivity contribution in [3.05, 3.63) is 0 Å². The van der Waals surface area contributed by atoms with Crippen LogP contribution in [0.15, 0.2) is 0 Å². The van der Waals surface area contributed by atoms with E-state index in [0.717, 1.165) is 18.4 Å². The Kier molecular flexibility index (Phi) is 7.06. The van der Waals surface area contributed by atoms with Crippen LogP contribution in [0, 0.1) is 11.8 Å². The molecule has 0 amide bonds. The largest absolute Gasteiger partial charge is 0.317 e. The Morgan fingerprint density at radius 3 is 2.75 bits per heavy atom. The van der Waals surface area contributed by atoms with E-state index in [2.05, 4.69) is 31.0 Å². The van der Waals surface area contributed by atoms with Crippen molar-refractivity contribution < 1.29 is 0 Å². The molecule has 2 heteroatoms. The first kappa shape index (κ1) is 14.0. The number of hydrogen-bond acceptors (Lipinski definition) is 2. The second kappa shape index (κ2) is 8.08. The van der Waals surface area contributed by atoms with E-state index >= 15 is 0 Å². The smallest absolute Gasteiger partial charge is 0.00191 e. The van der Waals surface area contributed by atoms with Crippen molar-refractivity contribution in [2.45, 2.75) is 46.5 Å². The Hall–Kier alpha value is -0.0800. The predicted octanol–water partition coefficient (Wildman–Crippen LogP) is 2.74. The fourth-order valence-corrected chi connectivity index (χ4v) is 2.71. The summed E-state index contributed by atoms with van der Waals surface area (Å²) < 4.78 is 0. The third kappa shape index (κ3) is 5.31. The second-order valence-electron chi connectivity index (χ2n) is 5.42. The lowest BCUT2D eigenvalue weighted by atomic mass is 9.98. The quantitative estimate of drug-likeness (QED) is 0.749. The van der Waals surface area contributed by atoms with Gasteiger partial charge >= 0.3 is 0 Å². The molecule has 1 heterocycles. The Morgan fingerprint density at radius 1 is 1.25 bits per heavy atom. The van der Waals surface area contributed by atoms with Gasteiger partial charge in [-0.3, -0.25) is 0 Å². The van der Waals surface area contributed by atoms with E-state index in [0.29, 0.717) is 0 Å². The van der Waals surface area contributed by atoms with E-state index in [-0.39, 0.29) is 0 Å². The molecule has 96 valence electrons. The van der Waals surface area contributed by atoms with Crippen LogP contribution in [-0.4, -0.2) is 37.6 Å². The molecule has 2 atom stereocenters. The SMILES string of the molecule is CCNCC(C)CN1CCCC(CC)CC1. The molecular weight excluding hydrogens is 196 g/mol. The third-order valence-electron chi connectivity index (χ3n) is 3.83. The van der Waals surface area contributed by atoms with E-state index in [4.69, 9.17) is 0 Å². The highest BCUT2D eigenvalue weighted by atomic mass is 15.1. The van der Waals surface area contributed by atoms with Gasteiger partial charge in [-0.2, -0.15) is 0 Å². The molecule has 0 aromatic heterocycles. The fourth-order valence-electron chi connectivity index (χ4n) is 2.71. The van der Waals surface area contributed by atoms with Crippen LogP contribution in [0.3, 0.4) is 0 Å². The molecule has 1 rings (SSSR count). The first-order valence-electron chi connectivity index (χ1n) is 7.19. The van der Waals surface area contributed by atoms with E-state index < -0.39 is 0 Å². The van der Waals surface area contributed by atoms with Gasteiger partial charge in [0, 0.05) is 6.54 Å². The number of likely N-dealkylation sites (tertiary alicyclic amines) is 1. The number of nitrogens with zero attached hydrogens (tertiary/aromatic N) is 1. The van der Waals surface area contributed by atoms with Crippen LogP contribution in [0.5, 0.6) is 0 Å². The lowest BCUT2D eigenvalue weighted by molar-refractivity contribution is 0.240. The van der Waals surface area contributed by atoms with Crippen molar-refractivity contribution in [3.8, 4) is 0 Å². The van der Waals surface area contributed by atoms with Gasteiger partial charge in [-0.05, 0) is 57.3 Å². The monoisotopic (exact) mass is 226 g/mol. The van der Waals surface area contributed by atoms with Crippen LogP contribution in [0.2, 0.25) is 0 Å². The molecule has 0 radical (unpaired) electrons. The molecular formula is C14H30N2. The predicted molar refractivity (Wildman–Crippen MR) is 71.8 cm³/mol. The maximum Gasteiger partial charge on any atom is 0.00191 e. The highest BCUT2D eigenvalue weighted by molar-refractivity contribution is 4.71. The molecule has 1 N–H and O–H groups in total. The molecule has 0 aromatic rings. The fraction of sp³-hybridized carbons (Fsp3) is 1.00. The highest BCUT2D eigenvalue weighted by Gasteiger charge is 2.16. The van der Waals surface area contributed by atoms with Crippen molar-refractivity contribution in [3.63, 3.8) is 0 Å². The molecule has 2 unspecified atom stereocenters. The molecule has 0 bridgehead atoms. The van der Waals surface area contributed by atoms with Crippen molar-refractivity contribution >= 4 is 0 Å². The minimum atomic E-state index is 0.790. The van der Waals surface area contributed by atoms with Gasteiger partial charge < -0.3 is 10.2 Å². The maximum absolute atomic E-state index is 3.45. The van der Waals surface area contributed by atoms with Gasteiger partial charge in [-0.1, -0.05) is 27.2 Å².